The summed E-state index contributed by atoms with van der Waals surface area (Å²) >= 11 is 1.55. The lowest BCUT2D eigenvalue weighted by molar-refractivity contribution is -0.133. The summed E-state index contributed by atoms with van der Waals surface area (Å²) in [5.41, 5.74) is 7.55. The van der Waals surface area contributed by atoms with Gasteiger partial charge in [0.15, 0.2) is 11.6 Å². The minimum absolute atomic E-state index is 0.0334. The smallest absolute Gasteiger partial charge is 0.224 e. The first-order chi connectivity index (χ1) is 13.9. The van der Waals surface area contributed by atoms with E-state index in [2.05, 4.69) is 10.3 Å². The molecule has 3 heterocycles. The van der Waals surface area contributed by atoms with Crippen LogP contribution in [0, 0.1) is 17.5 Å². The number of fused-ring (bicyclic) bond motifs is 1. The Labute approximate surface area is 168 Å². The highest BCUT2D eigenvalue weighted by molar-refractivity contribution is 7.13. The van der Waals surface area contributed by atoms with Crippen LogP contribution in [0.1, 0.15) is 17.7 Å². The topological polar surface area (TPSA) is 77.0 Å². The maximum absolute atomic E-state index is 13.8. The Kier molecular flexibility index (Phi) is 5.37. The van der Waals surface area contributed by atoms with Crippen molar-refractivity contribution in [3.05, 3.63) is 58.4 Å². The van der Waals surface area contributed by atoms with Crippen molar-refractivity contribution in [2.24, 2.45) is 5.73 Å². The van der Waals surface area contributed by atoms with Crippen LogP contribution in [0.25, 0.3) is 10.6 Å². The highest BCUT2D eigenvalue weighted by Crippen LogP contribution is 2.28. The van der Waals surface area contributed by atoms with Gasteiger partial charge in [-0.1, -0.05) is 11.3 Å². The van der Waals surface area contributed by atoms with E-state index in [0.29, 0.717) is 25.7 Å². The van der Waals surface area contributed by atoms with E-state index in [1.165, 1.54) is 0 Å². The SMILES string of the molecule is N[C@@H](CC(=O)N1CCn2nnc(-c3cccs3)c2C1)Cc1cc(F)c(F)cc1F. The van der Waals surface area contributed by atoms with Crippen LogP contribution >= 0.6 is 11.3 Å². The van der Waals surface area contributed by atoms with Crippen LogP contribution in [0.5, 0.6) is 0 Å². The predicted octanol–water partition coefficient (Wildman–Crippen LogP) is 2.73. The van der Waals surface area contributed by atoms with E-state index in [0.717, 1.165) is 22.3 Å². The van der Waals surface area contributed by atoms with Crippen molar-refractivity contribution < 1.29 is 18.0 Å². The van der Waals surface area contributed by atoms with E-state index in [9.17, 15) is 18.0 Å². The number of aromatic nitrogens is 3. The van der Waals surface area contributed by atoms with Crippen LogP contribution < -0.4 is 5.73 Å². The normalized spacial score (nSPS) is 14.7. The van der Waals surface area contributed by atoms with Gasteiger partial charge in [0, 0.05) is 25.1 Å². The standard InChI is InChI=1S/C19H18F3N5OS/c20-13-9-15(22)14(21)7-11(13)6-12(23)8-18(28)26-3-4-27-16(10-26)19(24-25-27)17-2-1-5-29-17/h1-2,5,7,9,12H,3-4,6,8,10,23H2/t12-/m1/s1. The third-order valence-electron chi connectivity index (χ3n) is 4.88. The molecule has 6 nitrogen and oxygen atoms in total. The van der Waals surface area contributed by atoms with Gasteiger partial charge < -0.3 is 10.6 Å². The summed E-state index contributed by atoms with van der Waals surface area (Å²) in [5, 5.41) is 10.3. The van der Waals surface area contributed by atoms with E-state index in [-0.39, 0.29) is 24.3 Å². The zero-order valence-electron chi connectivity index (χ0n) is 15.3. The molecule has 0 bridgehead atoms. The van der Waals surface area contributed by atoms with Crippen molar-refractivity contribution in [2.45, 2.75) is 32.0 Å². The largest absolute Gasteiger partial charge is 0.335 e. The summed E-state index contributed by atoms with van der Waals surface area (Å²) < 4.78 is 42.0. The Morgan fingerprint density at radius 2 is 2.00 bits per heavy atom. The molecule has 3 aromatic rings. The Balaban J connectivity index is 1.42. The molecule has 0 radical (unpaired) electrons. The number of nitrogens with zero attached hydrogens (tertiary/aromatic N) is 4. The number of hydrogen-bond donors (Lipinski definition) is 1. The van der Waals surface area contributed by atoms with Gasteiger partial charge in [-0.05, 0) is 29.5 Å². The van der Waals surface area contributed by atoms with E-state index in [1.54, 1.807) is 20.9 Å². The quantitative estimate of drug-likeness (QED) is 0.643. The maximum atomic E-state index is 13.8. The van der Waals surface area contributed by atoms with Gasteiger partial charge in [-0.15, -0.1) is 16.4 Å². The molecule has 1 atom stereocenters. The van der Waals surface area contributed by atoms with Gasteiger partial charge in [0.25, 0.3) is 0 Å². The summed E-state index contributed by atoms with van der Waals surface area (Å²) in [6.45, 7) is 1.34. The van der Waals surface area contributed by atoms with Crippen LogP contribution in [0.15, 0.2) is 29.6 Å². The van der Waals surface area contributed by atoms with E-state index < -0.39 is 23.5 Å². The second-order valence-electron chi connectivity index (χ2n) is 6.93. The molecular weight excluding hydrogens is 403 g/mol. The van der Waals surface area contributed by atoms with Crippen molar-refractivity contribution >= 4 is 17.2 Å². The first-order valence-corrected chi connectivity index (χ1v) is 9.93. The van der Waals surface area contributed by atoms with Crippen molar-refractivity contribution in [1.29, 1.82) is 0 Å². The lowest BCUT2D eigenvalue weighted by Gasteiger charge is -2.28. The predicted molar refractivity (Wildman–Crippen MR) is 101 cm³/mol. The summed E-state index contributed by atoms with van der Waals surface area (Å²) in [6.07, 6.45) is -0.100. The lowest BCUT2D eigenvalue weighted by atomic mass is 10.0. The molecule has 29 heavy (non-hydrogen) atoms. The monoisotopic (exact) mass is 421 g/mol. The molecule has 1 aliphatic rings. The number of amides is 1. The van der Waals surface area contributed by atoms with Gasteiger partial charge in [0.2, 0.25) is 5.91 Å². The van der Waals surface area contributed by atoms with E-state index >= 15 is 0 Å². The summed E-state index contributed by atoms with van der Waals surface area (Å²) in [5.74, 6) is -3.46. The average molecular weight is 421 g/mol. The van der Waals surface area contributed by atoms with Crippen LogP contribution in [0.3, 0.4) is 0 Å². The van der Waals surface area contributed by atoms with Crippen LogP contribution in [-0.2, 0) is 24.3 Å². The second kappa shape index (κ2) is 7.96. The molecule has 10 heteroatoms. The molecular formula is C19H18F3N5OS. The van der Waals surface area contributed by atoms with Crippen molar-refractivity contribution in [3.8, 4) is 10.6 Å². The zero-order valence-corrected chi connectivity index (χ0v) is 16.1. The number of thiophene rings is 1. The molecule has 0 saturated carbocycles. The van der Waals surface area contributed by atoms with Crippen molar-refractivity contribution in [2.75, 3.05) is 6.54 Å². The first-order valence-electron chi connectivity index (χ1n) is 9.05. The third kappa shape index (κ3) is 4.03. The second-order valence-corrected chi connectivity index (χ2v) is 7.87. The number of hydrogen-bond acceptors (Lipinski definition) is 5. The van der Waals surface area contributed by atoms with E-state index in [4.69, 9.17) is 5.73 Å². The van der Waals surface area contributed by atoms with E-state index in [1.807, 2.05) is 17.5 Å². The number of nitrogens with two attached hydrogens (primary N) is 1. The molecule has 4 rings (SSSR count). The molecule has 152 valence electrons. The van der Waals surface area contributed by atoms with Crippen LogP contribution in [0.2, 0.25) is 0 Å². The van der Waals surface area contributed by atoms with Gasteiger partial charge >= 0.3 is 0 Å². The molecule has 2 N–H and O–H groups in total. The lowest BCUT2D eigenvalue weighted by Crippen LogP contribution is -2.41. The van der Waals surface area contributed by atoms with Crippen molar-refractivity contribution in [1.82, 2.24) is 19.9 Å². The van der Waals surface area contributed by atoms with Crippen LogP contribution in [-0.4, -0.2) is 38.4 Å². The minimum atomic E-state index is -1.25. The van der Waals surface area contributed by atoms with Crippen LogP contribution in [0.4, 0.5) is 13.2 Å². The molecule has 0 unspecified atom stereocenters. The Hall–Kier alpha value is -2.72. The number of carbonyl (C=O) groups is 1. The average Bonchev–Trinajstić information content (AvgIpc) is 3.34. The number of carbonyl (C=O) groups excluding carboxylic acids is 1. The minimum Gasteiger partial charge on any atom is -0.335 e. The maximum Gasteiger partial charge on any atom is 0.224 e. The molecule has 0 saturated heterocycles. The highest BCUT2D eigenvalue weighted by Gasteiger charge is 2.27. The summed E-state index contributed by atoms with van der Waals surface area (Å²) in [6, 6.07) is 4.43. The molecule has 0 aliphatic carbocycles. The van der Waals surface area contributed by atoms with Gasteiger partial charge in [-0.2, -0.15) is 0 Å². The number of benzene rings is 1. The fourth-order valence-corrected chi connectivity index (χ4v) is 4.12. The molecule has 1 aromatic carbocycles. The van der Waals surface area contributed by atoms with Gasteiger partial charge in [0.05, 0.1) is 23.7 Å². The molecule has 1 amide bonds. The van der Waals surface area contributed by atoms with Crippen molar-refractivity contribution in [3.63, 3.8) is 0 Å². The number of rotatable bonds is 5. The number of halogens is 3. The summed E-state index contributed by atoms with van der Waals surface area (Å²) in [4.78, 5) is 15.3. The molecule has 0 spiro atoms. The van der Waals surface area contributed by atoms with Gasteiger partial charge in [0.1, 0.15) is 11.5 Å². The summed E-state index contributed by atoms with van der Waals surface area (Å²) in [7, 11) is 0. The fourth-order valence-electron chi connectivity index (χ4n) is 3.39. The highest BCUT2D eigenvalue weighted by atomic mass is 32.1. The van der Waals surface area contributed by atoms with Gasteiger partial charge in [-0.25, -0.2) is 17.9 Å². The molecule has 0 fully saturated rings. The third-order valence-corrected chi connectivity index (χ3v) is 5.75. The Morgan fingerprint density at radius 3 is 2.76 bits per heavy atom. The Bertz CT molecular complexity index is 1040. The first kappa shape index (κ1) is 19.6. The Morgan fingerprint density at radius 1 is 1.21 bits per heavy atom. The molecule has 2 aromatic heterocycles. The fraction of sp³-hybridized carbons (Fsp3) is 0.316. The zero-order chi connectivity index (χ0) is 20.5. The van der Waals surface area contributed by atoms with Gasteiger partial charge in [-0.3, -0.25) is 4.79 Å². The molecule has 1 aliphatic heterocycles.